The Balaban J connectivity index is 1.48. The maximum atomic E-state index is 13.0. The molecule has 3 unspecified atom stereocenters. The molecule has 1 aliphatic heterocycles. The molecule has 152 valence electrons. The van der Waals surface area contributed by atoms with Crippen LogP contribution in [0.3, 0.4) is 0 Å². The maximum absolute atomic E-state index is 13.0. The summed E-state index contributed by atoms with van der Waals surface area (Å²) < 4.78 is 12.0. The predicted molar refractivity (Wildman–Crippen MR) is 103 cm³/mol. The average molecular weight is 378 g/mol. The van der Waals surface area contributed by atoms with Crippen LogP contribution < -0.4 is 5.32 Å². The van der Waals surface area contributed by atoms with E-state index >= 15 is 0 Å². The van der Waals surface area contributed by atoms with Crippen LogP contribution in [0.4, 0.5) is 0 Å². The smallest absolute Gasteiger partial charge is 0.286 e. The van der Waals surface area contributed by atoms with Crippen molar-refractivity contribution in [2.24, 2.45) is 29.6 Å². The van der Waals surface area contributed by atoms with Gasteiger partial charge in [0, 0.05) is 25.2 Å². The van der Waals surface area contributed by atoms with E-state index in [-0.39, 0.29) is 24.7 Å². The van der Waals surface area contributed by atoms with Gasteiger partial charge in [0.05, 0.1) is 0 Å². The second-order valence-electron chi connectivity index (χ2n) is 9.03. The number of ether oxygens (including phenoxy) is 2. The maximum Gasteiger partial charge on any atom is 0.286 e. The summed E-state index contributed by atoms with van der Waals surface area (Å²) in [5.41, 5.74) is 0. The minimum atomic E-state index is -0.377. The molecule has 4 aliphatic rings. The molecule has 0 aromatic carbocycles. The van der Waals surface area contributed by atoms with Gasteiger partial charge in [0.2, 0.25) is 6.29 Å². The zero-order chi connectivity index (χ0) is 18.8. The van der Waals surface area contributed by atoms with Gasteiger partial charge < -0.3 is 19.9 Å². The van der Waals surface area contributed by atoms with Gasteiger partial charge in [-0.25, -0.2) is 0 Å². The molecule has 6 atom stereocenters. The van der Waals surface area contributed by atoms with E-state index in [2.05, 4.69) is 11.4 Å². The van der Waals surface area contributed by atoms with E-state index in [4.69, 9.17) is 9.47 Å². The third-order valence-electron chi connectivity index (χ3n) is 7.43. The Hall–Kier alpha value is -1.07. The van der Waals surface area contributed by atoms with Gasteiger partial charge in [0.15, 0.2) is 5.76 Å². The number of carbonyl (C=O) groups is 1. The van der Waals surface area contributed by atoms with Crippen molar-refractivity contribution in [3.05, 3.63) is 11.8 Å². The van der Waals surface area contributed by atoms with Crippen LogP contribution in [0.5, 0.6) is 0 Å². The monoisotopic (exact) mass is 377 g/mol. The number of fused-ring (bicyclic) bond motifs is 2. The molecular weight excluding hydrogens is 342 g/mol. The zero-order valence-electron chi connectivity index (χ0n) is 16.6. The highest BCUT2D eigenvalue weighted by Gasteiger charge is 2.44. The first-order valence-corrected chi connectivity index (χ1v) is 11.1. The first-order chi connectivity index (χ1) is 13.2. The number of hydrogen-bond acceptors (Lipinski definition) is 4. The lowest BCUT2D eigenvalue weighted by atomic mass is 9.68. The molecule has 0 aromatic heterocycles. The Bertz CT molecular complexity index is 559. The summed E-state index contributed by atoms with van der Waals surface area (Å²) in [5.74, 6) is 3.04. The van der Waals surface area contributed by atoms with E-state index in [1.54, 1.807) is 0 Å². The molecular formula is C22H35NO4. The summed E-state index contributed by atoms with van der Waals surface area (Å²) in [5, 5.41) is 12.6. The normalized spacial score (nSPS) is 38.2. The predicted octanol–water partition coefficient (Wildman–Crippen LogP) is 3.37. The van der Waals surface area contributed by atoms with Crippen molar-refractivity contribution in [3.63, 3.8) is 0 Å². The first-order valence-electron chi connectivity index (χ1n) is 11.1. The summed E-state index contributed by atoms with van der Waals surface area (Å²) >= 11 is 0. The van der Waals surface area contributed by atoms with Crippen molar-refractivity contribution >= 4 is 5.91 Å². The molecule has 0 spiro atoms. The van der Waals surface area contributed by atoms with Crippen LogP contribution in [-0.2, 0) is 14.3 Å². The number of allylic oxidation sites excluding steroid dienone is 1. The lowest BCUT2D eigenvalue weighted by Gasteiger charge is -2.43. The Morgan fingerprint density at radius 2 is 2.11 bits per heavy atom. The molecule has 2 bridgehead atoms. The number of aliphatic hydroxyl groups excluding tert-OH is 1. The summed E-state index contributed by atoms with van der Waals surface area (Å²) in [4.78, 5) is 13.0. The second kappa shape index (κ2) is 8.52. The molecule has 3 aliphatic carbocycles. The van der Waals surface area contributed by atoms with Gasteiger partial charge in [0.25, 0.3) is 5.91 Å². The quantitative estimate of drug-likeness (QED) is 0.680. The van der Waals surface area contributed by atoms with Gasteiger partial charge >= 0.3 is 0 Å². The molecule has 0 radical (unpaired) electrons. The third kappa shape index (κ3) is 4.04. The molecule has 27 heavy (non-hydrogen) atoms. The number of rotatable bonds is 8. The van der Waals surface area contributed by atoms with Crippen LogP contribution in [0.15, 0.2) is 11.8 Å². The standard InChI is InChI=1S/C22H35NO4/c1-2-26-22-17(7-4-10-24)18(15-5-3-6-15)13-20(27-22)21(25)23-19-12-14-8-9-16(19)11-14/h13-19,22,24H,2-12H2,1H3,(H,23,25)/t14?,16?,17-,18+,19?,22+/m0/s1. The molecule has 3 fully saturated rings. The average Bonchev–Trinajstić information content (AvgIpc) is 3.22. The van der Waals surface area contributed by atoms with E-state index in [1.807, 2.05) is 6.92 Å². The highest BCUT2D eigenvalue weighted by atomic mass is 16.7. The molecule has 3 saturated carbocycles. The van der Waals surface area contributed by atoms with Crippen molar-refractivity contribution in [2.45, 2.75) is 77.0 Å². The SMILES string of the molecule is CCO[C@@H]1OC(C(=O)NC2CC3CCC2C3)=C[C@H](C2CCC2)[C@@H]1CCCO. The number of nitrogens with one attached hydrogen (secondary N) is 1. The zero-order valence-corrected chi connectivity index (χ0v) is 16.6. The van der Waals surface area contributed by atoms with Crippen molar-refractivity contribution in [2.75, 3.05) is 13.2 Å². The molecule has 1 heterocycles. The first kappa shape index (κ1) is 19.3. The highest BCUT2D eigenvalue weighted by molar-refractivity contribution is 5.91. The van der Waals surface area contributed by atoms with Crippen molar-refractivity contribution in [1.82, 2.24) is 5.32 Å². The van der Waals surface area contributed by atoms with Gasteiger partial charge in [-0.2, -0.15) is 0 Å². The lowest BCUT2D eigenvalue weighted by Crippen LogP contribution is -2.45. The van der Waals surface area contributed by atoms with E-state index in [0.717, 1.165) is 25.2 Å². The summed E-state index contributed by atoms with van der Waals surface area (Å²) in [6.07, 6.45) is 12.0. The van der Waals surface area contributed by atoms with Crippen LogP contribution in [0.1, 0.15) is 64.7 Å². The second-order valence-corrected chi connectivity index (χ2v) is 9.03. The molecule has 5 nitrogen and oxygen atoms in total. The van der Waals surface area contributed by atoms with Crippen molar-refractivity contribution < 1.29 is 19.4 Å². The van der Waals surface area contributed by atoms with Crippen LogP contribution in [0.25, 0.3) is 0 Å². The highest BCUT2D eigenvalue weighted by Crippen LogP contribution is 2.46. The fraction of sp³-hybridized carbons (Fsp3) is 0.864. The minimum Gasteiger partial charge on any atom is -0.459 e. The van der Waals surface area contributed by atoms with Crippen LogP contribution >= 0.6 is 0 Å². The topological polar surface area (TPSA) is 67.8 Å². The summed E-state index contributed by atoms with van der Waals surface area (Å²) in [7, 11) is 0. The summed E-state index contributed by atoms with van der Waals surface area (Å²) in [6.45, 7) is 2.73. The fourth-order valence-electron chi connectivity index (χ4n) is 5.81. The fourth-order valence-corrected chi connectivity index (χ4v) is 5.81. The molecule has 1 amide bonds. The lowest BCUT2D eigenvalue weighted by molar-refractivity contribution is -0.178. The Kier molecular flexibility index (Phi) is 6.08. The van der Waals surface area contributed by atoms with E-state index in [0.29, 0.717) is 36.2 Å². The minimum absolute atomic E-state index is 0.0535. The Morgan fingerprint density at radius 3 is 2.70 bits per heavy atom. The van der Waals surface area contributed by atoms with Crippen molar-refractivity contribution in [1.29, 1.82) is 0 Å². The van der Waals surface area contributed by atoms with Crippen molar-refractivity contribution in [3.8, 4) is 0 Å². The van der Waals surface area contributed by atoms with Gasteiger partial charge in [-0.3, -0.25) is 4.79 Å². The molecule has 0 aromatic rings. The number of carbonyl (C=O) groups excluding carboxylic acids is 1. The largest absolute Gasteiger partial charge is 0.459 e. The van der Waals surface area contributed by atoms with Crippen LogP contribution in [0, 0.1) is 29.6 Å². The number of aliphatic hydroxyl groups is 1. The molecule has 4 rings (SSSR count). The van der Waals surface area contributed by atoms with E-state index in [1.165, 1.54) is 38.5 Å². The van der Waals surface area contributed by atoms with Crippen LogP contribution in [0.2, 0.25) is 0 Å². The van der Waals surface area contributed by atoms with Crippen LogP contribution in [-0.4, -0.2) is 36.6 Å². The Morgan fingerprint density at radius 1 is 1.26 bits per heavy atom. The van der Waals surface area contributed by atoms with Gasteiger partial charge in [-0.15, -0.1) is 0 Å². The third-order valence-corrected chi connectivity index (χ3v) is 7.43. The van der Waals surface area contributed by atoms with Gasteiger partial charge in [-0.1, -0.05) is 12.8 Å². The van der Waals surface area contributed by atoms with E-state index in [9.17, 15) is 9.90 Å². The molecule has 5 heteroatoms. The van der Waals surface area contributed by atoms with Gasteiger partial charge in [-0.05, 0) is 81.6 Å². The van der Waals surface area contributed by atoms with Gasteiger partial charge in [0.1, 0.15) is 0 Å². The molecule has 2 N–H and O–H groups in total. The Labute approximate surface area is 162 Å². The van der Waals surface area contributed by atoms with E-state index < -0.39 is 0 Å². The summed E-state index contributed by atoms with van der Waals surface area (Å²) in [6, 6.07) is 0.320. The molecule has 0 saturated heterocycles. The number of amides is 1. The number of hydrogen-bond donors (Lipinski definition) is 2.